The van der Waals surface area contributed by atoms with Crippen LogP contribution in [0.3, 0.4) is 0 Å². The van der Waals surface area contributed by atoms with Gasteiger partial charge in [-0.1, -0.05) is 170 Å². The minimum Gasteiger partial charge on any atom is -0.455 e. The Morgan fingerprint density at radius 1 is 0.367 bits per heavy atom. The van der Waals surface area contributed by atoms with Gasteiger partial charge < -0.3 is 4.42 Å². The van der Waals surface area contributed by atoms with E-state index in [0.717, 1.165) is 43.8 Å². The second-order valence-electron chi connectivity index (χ2n) is 12.7. The van der Waals surface area contributed by atoms with E-state index in [1.54, 1.807) is 0 Å². The van der Waals surface area contributed by atoms with Crippen LogP contribution < -0.4 is 0 Å². The zero-order chi connectivity index (χ0) is 33.2. The Kier molecular flexibility index (Phi) is 6.02. The van der Waals surface area contributed by atoms with Crippen molar-refractivity contribution in [3.8, 4) is 44.5 Å². The maximum absolute atomic E-state index is 7.97. The largest absolute Gasteiger partial charge is 0.455 e. The zero-order valence-corrected chi connectivity index (χ0v) is 26.7. The average Bonchev–Trinajstić information content (AvgIpc) is 3.57. The maximum Gasteiger partial charge on any atom is 0.143 e. The molecule has 10 aromatic rings. The van der Waals surface area contributed by atoms with Crippen molar-refractivity contribution in [2.75, 3.05) is 0 Å². The summed E-state index contributed by atoms with van der Waals surface area (Å²) in [7, 11) is 0. The molecule has 0 fully saturated rings. The van der Waals surface area contributed by atoms with Crippen LogP contribution in [-0.4, -0.2) is 0 Å². The smallest absolute Gasteiger partial charge is 0.143 e. The SMILES string of the molecule is [2H]c1ccc2cc(-c3ccc(-c4c5ccccc5c(-c5cccc6oc7c(-c8ccccc8)cccc7c56)c5ccccc45)cc3)ccc2c1. The first-order valence-corrected chi connectivity index (χ1v) is 16.8. The first-order valence-electron chi connectivity index (χ1n) is 17.3. The number of hydrogen-bond acceptors (Lipinski definition) is 1. The molecule has 10 rings (SSSR count). The van der Waals surface area contributed by atoms with Crippen LogP contribution in [0.5, 0.6) is 0 Å². The van der Waals surface area contributed by atoms with Crippen molar-refractivity contribution in [2.45, 2.75) is 0 Å². The molecule has 0 unspecified atom stereocenters. The number of benzene rings is 9. The van der Waals surface area contributed by atoms with Gasteiger partial charge in [-0.3, -0.25) is 0 Å². The molecule has 0 aliphatic carbocycles. The highest BCUT2D eigenvalue weighted by Gasteiger charge is 2.21. The summed E-state index contributed by atoms with van der Waals surface area (Å²) in [6, 6.07) is 62.9. The molecule has 0 amide bonds. The topological polar surface area (TPSA) is 13.1 Å². The van der Waals surface area contributed by atoms with E-state index in [1.807, 2.05) is 18.2 Å². The van der Waals surface area contributed by atoms with Gasteiger partial charge in [-0.05, 0) is 83.4 Å². The first-order chi connectivity index (χ1) is 24.7. The summed E-state index contributed by atoms with van der Waals surface area (Å²) in [5.41, 5.74) is 11.2. The van der Waals surface area contributed by atoms with E-state index >= 15 is 0 Å². The van der Waals surface area contributed by atoms with Crippen molar-refractivity contribution >= 4 is 54.3 Å². The Balaban J connectivity index is 1.19. The van der Waals surface area contributed by atoms with Gasteiger partial charge in [0.15, 0.2) is 0 Å². The van der Waals surface area contributed by atoms with Gasteiger partial charge in [-0.25, -0.2) is 0 Å². The molecule has 1 aromatic heterocycles. The zero-order valence-electron chi connectivity index (χ0n) is 27.7. The first kappa shape index (κ1) is 26.6. The highest BCUT2D eigenvalue weighted by Crippen LogP contribution is 2.47. The predicted molar refractivity (Wildman–Crippen MR) is 208 cm³/mol. The maximum atomic E-state index is 7.97. The molecule has 0 atom stereocenters. The van der Waals surface area contributed by atoms with Gasteiger partial charge in [0, 0.05) is 16.3 Å². The fraction of sp³-hybridized carbons (Fsp3) is 0. The van der Waals surface area contributed by atoms with Gasteiger partial charge in [0.1, 0.15) is 11.2 Å². The van der Waals surface area contributed by atoms with Crippen LogP contribution in [0.25, 0.3) is 98.8 Å². The summed E-state index contributed by atoms with van der Waals surface area (Å²) in [5, 5.41) is 9.38. The molecule has 0 radical (unpaired) electrons. The molecule has 1 heteroatoms. The standard InChI is InChI=1S/C48H30O/c1-2-13-33(14-3-1)37-20-10-22-43-47-42(21-11-23-44(47)49-48(37)43)46-40-18-8-6-16-38(40)45(39-17-7-9-19-41(39)46)34-27-24-32(25-28-34)36-29-26-31-12-4-5-15-35(31)30-36/h1-30H/i4D. The summed E-state index contributed by atoms with van der Waals surface area (Å²) in [5.74, 6) is 0. The predicted octanol–water partition coefficient (Wildman–Crippen LogP) is 13.7. The number of para-hydroxylation sites is 1. The lowest BCUT2D eigenvalue weighted by molar-refractivity contribution is 0.670. The van der Waals surface area contributed by atoms with Crippen LogP contribution in [0.2, 0.25) is 0 Å². The summed E-state index contributed by atoms with van der Waals surface area (Å²) >= 11 is 0. The molecular weight excluding hydrogens is 593 g/mol. The molecule has 1 heterocycles. The molecule has 0 bridgehead atoms. The van der Waals surface area contributed by atoms with Crippen molar-refractivity contribution < 1.29 is 5.79 Å². The minimum atomic E-state index is 0.534. The third kappa shape index (κ3) is 4.40. The molecule has 0 saturated carbocycles. The van der Waals surface area contributed by atoms with Crippen molar-refractivity contribution in [3.63, 3.8) is 0 Å². The van der Waals surface area contributed by atoms with E-state index < -0.39 is 0 Å². The minimum absolute atomic E-state index is 0.534. The monoisotopic (exact) mass is 623 g/mol. The molecule has 228 valence electrons. The second-order valence-corrected chi connectivity index (χ2v) is 12.7. The van der Waals surface area contributed by atoms with Crippen LogP contribution in [0, 0.1) is 0 Å². The van der Waals surface area contributed by atoms with Gasteiger partial charge in [-0.2, -0.15) is 0 Å². The van der Waals surface area contributed by atoms with E-state index in [4.69, 9.17) is 5.79 Å². The van der Waals surface area contributed by atoms with E-state index in [1.165, 1.54) is 54.9 Å². The third-order valence-electron chi connectivity index (χ3n) is 10.00. The summed E-state index contributed by atoms with van der Waals surface area (Å²) in [4.78, 5) is 0. The lowest BCUT2D eigenvalue weighted by Crippen LogP contribution is -1.91. The van der Waals surface area contributed by atoms with Crippen LogP contribution >= 0.6 is 0 Å². The molecule has 0 aliphatic rings. The molecule has 0 aliphatic heterocycles. The van der Waals surface area contributed by atoms with Crippen molar-refractivity contribution in [1.29, 1.82) is 0 Å². The van der Waals surface area contributed by atoms with Crippen molar-refractivity contribution in [3.05, 3.63) is 182 Å². The lowest BCUT2D eigenvalue weighted by atomic mass is 9.84. The molecule has 0 saturated heterocycles. The Bertz CT molecular complexity index is 2860. The molecular formula is C48H30O. The average molecular weight is 624 g/mol. The normalized spacial score (nSPS) is 12.0. The van der Waals surface area contributed by atoms with Crippen molar-refractivity contribution in [2.24, 2.45) is 0 Å². The van der Waals surface area contributed by atoms with Gasteiger partial charge in [-0.15, -0.1) is 0 Å². The highest BCUT2D eigenvalue weighted by atomic mass is 16.3. The Hall–Kier alpha value is -6.44. The Morgan fingerprint density at radius 2 is 0.980 bits per heavy atom. The number of furan rings is 1. The Labute approximate surface area is 285 Å². The van der Waals surface area contributed by atoms with Crippen LogP contribution in [-0.2, 0) is 0 Å². The fourth-order valence-electron chi connectivity index (χ4n) is 7.77. The van der Waals surface area contributed by atoms with Crippen LogP contribution in [0.15, 0.2) is 186 Å². The molecule has 0 N–H and O–H groups in total. The van der Waals surface area contributed by atoms with E-state index in [-0.39, 0.29) is 0 Å². The van der Waals surface area contributed by atoms with E-state index in [2.05, 4.69) is 158 Å². The fourth-order valence-corrected chi connectivity index (χ4v) is 7.77. The summed E-state index contributed by atoms with van der Waals surface area (Å²) in [6.45, 7) is 0. The van der Waals surface area contributed by atoms with Gasteiger partial charge in [0.2, 0.25) is 0 Å². The summed E-state index contributed by atoms with van der Waals surface area (Å²) in [6.07, 6.45) is 0. The highest BCUT2D eigenvalue weighted by molar-refractivity contribution is 6.26. The second kappa shape index (κ2) is 11.1. The lowest BCUT2D eigenvalue weighted by Gasteiger charge is -2.18. The number of rotatable bonds is 4. The van der Waals surface area contributed by atoms with Crippen molar-refractivity contribution in [1.82, 2.24) is 0 Å². The number of hydrogen-bond donors (Lipinski definition) is 0. The summed E-state index contributed by atoms with van der Waals surface area (Å²) < 4.78 is 14.7. The number of fused-ring (bicyclic) bond motifs is 6. The van der Waals surface area contributed by atoms with Gasteiger partial charge in [0.05, 0.1) is 1.37 Å². The quantitative estimate of drug-likeness (QED) is 0.178. The van der Waals surface area contributed by atoms with Crippen LogP contribution in [0.4, 0.5) is 0 Å². The van der Waals surface area contributed by atoms with E-state index in [9.17, 15) is 0 Å². The van der Waals surface area contributed by atoms with E-state index in [0.29, 0.717) is 6.04 Å². The molecule has 9 aromatic carbocycles. The van der Waals surface area contributed by atoms with Gasteiger partial charge >= 0.3 is 0 Å². The Morgan fingerprint density at radius 3 is 1.73 bits per heavy atom. The molecule has 0 spiro atoms. The van der Waals surface area contributed by atoms with Gasteiger partial charge in [0.25, 0.3) is 0 Å². The molecule has 1 nitrogen and oxygen atoms in total. The van der Waals surface area contributed by atoms with Crippen LogP contribution in [0.1, 0.15) is 1.37 Å². The molecule has 49 heavy (non-hydrogen) atoms. The third-order valence-corrected chi connectivity index (χ3v) is 10.00.